The Hall–Kier alpha value is -1.55. The van der Waals surface area contributed by atoms with Crippen LogP contribution in [0.15, 0.2) is 34.9 Å². The fraction of sp³-hybridized carbons (Fsp3) is 0.312. The molecule has 1 aromatic carbocycles. The highest BCUT2D eigenvalue weighted by atomic mass is 79.9. The van der Waals surface area contributed by atoms with Gasteiger partial charge in [0.2, 0.25) is 0 Å². The number of aromatic nitrogens is 1. The Morgan fingerprint density at radius 3 is 2.65 bits per heavy atom. The first-order valence-corrected chi connectivity index (χ1v) is 7.39. The first-order chi connectivity index (χ1) is 9.60. The summed E-state index contributed by atoms with van der Waals surface area (Å²) < 4.78 is 6.30. The molecule has 2 rings (SSSR count). The standard InChI is InChI=1S/C16H19BrN2O/c1-11-9-16(19-10-14(11)17)18-7-6-13-4-5-15(20-3)12(2)8-13/h4-5,8-10H,6-7H2,1-3H3,(H,18,19). The molecule has 4 heteroatoms. The van der Waals surface area contributed by atoms with Gasteiger partial charge in [-0.3, -0.25) is 0 Å². The SMILES string of the molecule is COc1ccc(CCNc2cc(C)c(Br)cn2)cc1C. The lowest BCUT2D eigenvalue weighted by Crippen LogP contribution is -2.06. The largest absolute Gasteiger partial charge is 0.496 e. The van der Waals surface area contributed by atoms with Gasteiger partial charge >= 0.3 is 0 Å². The van der Waals surface area contributed by atoms with Crippen LogP contribution in [-0.4, -0.2) is 18.6 Å². The Balaban J connectivity index is 1.92. The van der Waals surface area contributed by atoms with Gasteiger partial charge in [0.05, 0.1) is 7.11 Å². The number of halogens is 1. The Morgan fingerprint density at radius 1 is 1.20 bits per heavy atom. The molecule has 0 bridgehead atoms. The van der Waals surface area contributed by atoms with Crippen LogP contribution in [0.4, 0.5) is 5.82 Å². The quantitative estimate of drug-likeness (QED) is 0.892. The number of rotatable bonds is 5. The minimum atomic E-state index is 0.861. The van der Waals surface area contributed by atoms with Crippen molar-refractivity contribution in [2.45, 2.75) is 20.3 Å². The molecule has 0 unspecified atom stereocenters. The van der Waals surface area contributed by atoms with Gasteiger partial charge in [-0.25, -0.2) is 4.98 Å². The van der Waals surface area contributed by atoms with Crippen LogP contribution in [0.3, 0.4) is 0 Å². The lowest BCUT2D eigenvalue weighted by molar-refractivity contribution is 0.411. The van der Waals surface area contributed by atoms with E-state index in [0.717, 1.165) is 29.0 Å². The number of anilines is 1. The van der Waals surface area contributed by atoms with Crippen molar-refractivity contribution in [3.8, 4) is 5.75 Å². The second-order valence-corrected chi connectivity index (χ2v) is 5.65. The molecule has 0 radical (unpaired) electrons. The number of hydrogen-bond donors (Lipinski definition) is 1. The Kier molecular flexibility index (Phi) is 5.01. The van der Waals surface area contributed by atoms with Crippen molar-refractivity contribution in [3.05, 3.63) is 51.6 Å². The molecule has 0 saturated heterocycles. The zero-order chi connectivity index (χ0) is 14.5. The lowest BCUT2D eigenvalue weighted by atomic mass is 10.1. The molecule has 0 amide bonds. The average Bonchev–Trinajstić information content (AvgIpc) is 2.43. The molecule has 0 fully saturated rings. The fourth-order valence-electron chi connectivity index (χ4n) is 2.07. The molecule has 0 saturated carbocycles. The van der Waals surface area contributed by atoms with Gasteiger partial charge < -0.3 is 10.1 Å². The van der Waals surface area contributed by atoms with E-state index in [1.165, 1.54) is 16.7 Å². The van der Waals surface area contributed by atoms with E-state index < -0.39 is 0 Å². The first kappa shape index (κ1) is 14.9. The molecule has 0 aliphatic heterocycles. The topological polar surface area (TPSA) is 34.1 Å². The van der Waals surface area contributed by atoms with Crippen molar-refractivity contribution in [2.75, 3.05) is 19.0 Å². The third-order valence-corrected chi connectivity index (χ3v) is 4.06. The van der Waals surface area contributed by atoms with Crippen molar-refractivity contribution in [1.82, 2.24) is 4.98 Å². The molecular formula is C16H19BrN2O. The third-order valence-electron chi connectivity index (χ3n) is 3.23. The molecule has 20 heavy (non-hydrogen) atoms. The number of nitrogens with zero attached hydrogens (tertiary/aromatic N) is 1. The van der Waals surface area contributed by atoms with Crippen molar-refractivity contribution >= 4 is 21.7 Å². The summed E-state index contributed by atoms with van der Waals surface area (Å²) in [6.07, 6.45) is 2.79. The van der Waals surface area contributed by atoms with Gasteiger partial charge in [-0.05, 0) is 65.0 Å². The molecule has 2 aromatic rings. The Morgan fingerprint density at radius 2 is 2.00 bits per heavy atom. The van der Waals surface area contributed by atoms with Crippen LogP contribution in [0.1, 0.15) is 16.7 Å². The predicted octanol–water partition coefficient (Wildman–Crippen LogP) is 4.12. The van der Waals surface area contributed by atoms with Gasteiger partial charge in [0.15, 0.2) is 0 Å². The van der Waals surface area contributed by atoms with Gasteiger partial charge in [0.1, 0.15) is 11.6 Å². The molecular weight excluding hydrogens is 316 g/mol. The van der Waals surface area contributed by atoms with E-state index >= 15 is 0 Å². The molecule has 0 aliphatic rings. The second-order valence-electron chi connectivity index (χ2n) is 4.80. The van der Waals surface area contributed by atoms with Crippen LogP contribution in [-0.2, 0) is 6.42 Å². The van der Waals surface area contributed by atoms with Crippen molar-refractivity contribution in [1.29, 1.82) is 0 Å². The summed E-state index contributed by atoms with van der Waals surface area (Å²) >= 11 is 3.45. The van der Waals surface area contributed by atoms with Crippen molar-refractivity contribution in [2.24, 2.45) is 0 Å². The smallest absolute Gasteiger partial charge is 0.126 e. The van der Waals surface area contributed by atoms with Gasteiger partial charge in [-0.15, -0.1) is 0 Å². The zero-order valence-corrected chi connectivity index (χ0v) is 13.6. The number of pyridine rings is 1. The molecule has 0 atom stereocenters. The van der Waals surface area contributed by atoms with Crippen LogP contribution in [0.5, 0.6) is 5.75 Å². The van der Waals surface area contributed by atoms with E-state index in [1.54, 1.807) is 7.11 Å². The van der Waals surface area contributed by atoms with E-state index in [9.17, 15) is 0 Å². The summed E-state index contributed by atoms with van der Waals surface area (Å²) in [4.78, 5) is 4.34. The molecule has 1 heterocycles. The Bertz CT molecular complexity index is 599. The van der Waals surface area contributed by atoms with E-state index in [2.05, 4.69) is 52.2 Å². The van der Waals surface area contributed by atoms with Crippen LogP contribution in [0.2, 0.25) is 0 Å². The minimum absolute atomic E-state index is 0.861. The van der Waals surface area contributed by atoms with Crippen LogP contribution < -0.4 is 10.1 Å². The van der Waals surface area contributed by atoms with Crippen molar-refractivity contribution < 1.29 is 4.74 Å². The zero-order valence-electron chi connectivity index (χ0n) is 12.0. The van der Waals surface area contributed by atoms with Crippen molar-refractivity contribution in [3.63, 3.8) is 0 Å². The molecule has 0 spiro atoms. The summed E-state index contributed by atoms with van der Waals surface area (Å²) in [6, 6.07) is 8.34. The first-order valence-electron chi connectivity index (χ1n) is 6.59. The highest BCUT2D eigenvalue weighted by molar-refractivity contribution is 9.10. The molecule has 3 nitrogen and oxygen atoms in total. The number of nitrogens with one attached hydrogen (secondary N) is 1. The lowest BCUT2D eigenvalue weighted by Gasteiger charge is -2.09. The van der Waals surface area contributed by atoms with Gasteiger partial charge in [0.25, 0.3) is 0 Å². The monoisotopic (exact) mass is 334 g/mol. The third kappa shape index (κ3) is 3.73. The number of hydrogen-bond acceptors (Lipinski definition) is 3. The van der Waals surface area contributed by atoms with Crippen LogP contribution >= 0.6 is 15.9 Å². The maximum Gasteiger partial charge on any atom is 0.126 e. The Labute approximate surface area is 128 Å². The summed E-state index contributed by atoms with van der Waals surface area (Å²) in [7, 11) is 1.70. The molecule has 0 aliphatic carbocycles. The van der Waals surface area contributed by atoms with Crippen LogP contribution in [0, 0.1) is 13.8 Å². The van der Waals surface area contributed by atoms with E-state index in [0.29, 0.717) is 0 Å². The maximum atomic E-state index is 5.27. The molecule has 1 N–H and O–H groups in total. The number of methoxy groups -OCH3 is 1. The highest BCUT2D eigenvalue weighted by Crippen LogP contribution is 2.19. The minimum Gasteiger partial charge on any atom is -0.496 e. The predicted molar refractivity (Wildman–Crippen MR) is 86.6 cm³/mol. The number of aryl methyl sites for hydroxylation is 2. The summed E-state index contributed by atoms with van der Waals surface area (Å²) in [5.74, 6) is 1.85. The number of benzene rings is 1. The summed E-state index contributed by atoms with van der Waals surface area (Å²) in [6.45, 7) is 4.99. The number of ether oxygens (including phenoxy) is 1. The summed E-state index contributed by atoms with van der Waals surface area (Å²) in [5, 5.41) is 3.35. The van der Waals surface area contributed by atoms with Gasteiger partial charge in [0, 0.05) is 17.2 Å². The van der Waals surface area contributed by atoms with E-state index in [1.807, 2.05) is 18.3 Å². The fourth-order valence-corrected chi connectivity index (χ4v) is 2.28. The summed E-state index contributed by atoms with van der Waals surface area (Å²) in [5.41, 5.74) is 3.65. The van der Waals surface area contributed by atoms with E-state index in [-0.39, 0.29) is 0 Å². The molecule has 106 valence electrons. The maximum absolute atomic E-state index is 5.27. The normalized spacial score (nSPS) is 10.4. The highest BCUT2D eigenvalue weighted by Gasteiger charge is 2.01. The second kappa shape index (κ2) is 6.75. The van der Waals surface area contributed by atoms with E-state index in [4.69, 9.17) is 4.74 Å². The van der Waals surface area contributed by atoms with Gasteiger partial charge in [-0.2, -0.15) is 0 Å². The average molecular weight is 335 g/mol. The molecule has 1 aromatic heterocycles. The van der Waals surface area contributed by atoms with Gasteiger partial charge in [-0.1, -0.05) is 12.1 Å². The van der Waals surface area contributed by atoms with Crippen LogP contribution in [0.25, 0.3) is 0 Å².